The van der Waals surface area contributed by atoms with Crippen LogP contribution in [0.3, 0.4) is 0 Å². The monoisotopic (exact) mass is 368 g/mol. The maximum atomic E-state index is 12.3. The molecule has 138 valence electrons. The zero-order valence-corrected chi connectivity index (χ0v) is 14.1. The van der Waals surface area contributed by atoms with Crippen molar-refractivity contribution in [3.63, 3.8) is 0 Å². The summed E-state index contributed by atoms with van der Waals surface area (Å²) in [5.41, 5.74) is 1.00. The summed E-state index contributed by atoms with van der Waals surface area (Å²) in [5.74, 6) is -0.893. The van der Waals surface area contributed by atoms with Gasteiger partial charge in [0.15, 0.2) is 11.5 Å². The van der Waals surface area contributed by atoms with Crippen LogP contribution in [0.4, 0.5) is 5.69 Å². The van der Waals surface area contributed by atoms with E-state index in [1.54, 1.807) is 12.3 Å². The second kappa shape index (κ2) is 7.56. The van der Waals surface area contributed by atoms with Gasteiger partial charge in [0.25, 0.3) is 11.6 Å². The lowest BCUT2D eigenvalue weighted by Gasteiger charge is -2.08. The van der Waals surface area contributed by atoms with Crippen LogP contribution in [0.2, 0.25) is 0 Å². The quantitative estimate of drug-likeness (QED) is 0.347. The molecule has 0 unspecified atom stereocenters. The van der Waals surface area contributed by atoms with Gasteiger partial charge in [-0.05, 0) is 36.2 Å². The number of hydrogen-bond donors (Lipinski definition) is 3. The summed E-state index contributed by atoms with van der Waals surface area (Å²) in [4.78, 5) is 26.9. The Bertz CT molecular complexity index is 985. The molecule has 2 aromatic carbocycles. The van der Waals surface area contributed by atoms with Crippen LogP contribution in [0, 0.1) is 10.1 Å². The molecule has 1 aromatic heterocycles. The summed E-state index contributed by atoms with van der Waals surface area (Å²) in [5, 5.41) is 32.8. The number of imidazole rings is 1. The van der Waals surface area contributed by atoms with Gasteiger partial charge in [-0.25, -0.2) is 4.98 Å². The average Bonchev–Trinajstić information content (AvgIpc) is 3.18. The van der Waals surface area contributed by atoms with Gasteiger partial charge in [-0.3, -0.25) is 14.9 Å². The second-order valence-electron chi connectivity index (χ2n) is 5.76. The SMILES string of the molecule is O=C(NCCc1ccc(O)c(O)c1)c1ccc(-n2ccnc2)c([N+](=O)[O-])c1. The summed E-state index contributed by atoms with van der Waals surface area (Å²) < 4.78 is 1.50. The van der Waals surface area contributed by atoms with Crippen molar-refractivity contribution in [3.05, 3.63) is 76.4 Å². The Morgan fingerprint density at radius 1 is 1.19 bits per heavy atom. The number of phenols is 2. The molecule has 3 N–H and O–H groups in total. The van der Waals surface area contributed by atoms with E-state index in [9.17, 15) is 25.1 Å². The van der Waals surface area contributed by atoms with E-state index in [4.69, 9.17) is 0 Å². The number of hydrogen-bond acceptors (Lipinski definition) is 6. The lowest BCUT2D eigenvalue weighted by atomic mass is 10.1. The zero-order chi connectivity index (χ0) is 19.4. The van der Waals surface area contributed by atoms with Crippen molar-refractivity contribution in [1.82, 2.24) is 14.9 Å². The molecule has 1 amide bonds. The number of nitro benzene ring substituents is 1. The molecule has 0 aliphatic rings. The van der Waals surface area contributed by atoms with E-state index >= 15 is 0 Å². The van der Waals surface area contributed by atoms with Gasteiger partial charge in [0, 0.05) is 30.6 Å². The molecule has 0 saturated carbocycles. The number of carbonyl (C=O) groups is 1. The fourth-order valence-corrected chi connectivity index (χ4v) is 2.58. The molecule has 0 saturated heterocycles. The first-order chi connectivity index (χ1) is 13.0. The lowest BCUT2D eigenvalue weighted by Crippen LogP contribution is -2.25. The van der Waals surface area contributed by atoms with Crippen molar-refractivity contribution >= 4 is 11.6 Å². The number of carbonyl (C=O) groups excluding carboxylic acids is 1. The molecule has 0 aliphatic heterocycles. The highest BCUT2D eigenvalue weighted by molar-refractivity contribution is 5.95. The van der Waals surface area contributed by atoms with Crippen molar-refractivity contribution in [1.29, 1.82) is 0 Å². The highest BCUT2D eigenvalue weighted by atomic mass is 16.6. The summed E-state index contributed by atoms with van der Waals surface area (Å²) >= 11 is 0. The standard InChI is InChI=1S/C18H16N4O5/c23-16-4-1-12(9-17(16)24)5-6-20-18(25)13-2-3-14(15(10-13)22(26)27)21-8-7-19-11-21/h1-4,7-11,23-24H,5-6H2,(H,20,25). The fraction of sp³-hybridized carbons (Fsp3) is 0.111. The predicted octanol–water partition coefficient (Wildman–Crippen LogP) is 2.16. The Kier molecular flexibility index (Phi) is 5.02. The number of nitrogens with zero attached hydrogens (tertiary/aromatic N) is 3. The van der Waals surface area contributed by atoms with Crippen molar-refractivity contribution in [2.75, 3.05) is 6.54 Å². The summed E-state index contributed by atoms with van der Waals surface area (Å²) in [7, 11) is 0. The first-order valence-electron chi connectivity index (χ1n) is 8.01. The Morgan fingerprint density at radius 2 is 2.00 bits per heavy atom. The molecule has 0 radical (unpaired) electrons. The second-order valence-corrected chi connectivity index (χ2v) is 5.76. The molecule has 0 spiro atoms. The fourth-order valence-electron chi connectivity index (χ4n) is 2.58. The van der Waals surface area contributed by atoms with Crippen LogP contribution in [-0.4, -0.2) is 37.1 Å². The molecule has 27 heavy (non-hydrogen) atoms. The minimum absolute atomic E-state index is 0.166. The van der Waals surface area contributed by atoms with E-state index in [0.29, 0.717) is 12.1 Å². The van der Waals surface area contributed by atoms with Gasteiger partial charge < -0.3 is 20.1 Å². The Hall–Kier alpha value is -3.88. The van der Waals surface area contributed by atoms with Crippen LogP contribution in [-0.2, 0) is 6.42 Å². The number of nitro groups is 1. The smallest absolute Gasteiger partial charge is 0.294 e. The van der Waals surface area contributed by atoms with Crippen LogP contribution < -0.4 is 5.32 Å². The number of phenolic OH excluding ortho intramolecular Hbond substituents is 2. The summed E-state index contributed by atoms with van der Waals surface area (Å²) in [6.45, 7) is 0.264. The molecular formula is C18H16N4O5. The maximum Gasteiger partial charge on any atom is 0.294 e. The first kappa shape index (κ1) is 17.9. The largest absolute Gasteiger partial charge is 0.504 e. The number of nitrogens with one attached hydrogen (secondary N) is 1. The normalized spacial score (nSPS) is 10.5. The number of benzene rings is 2. The number of aromatic nitrogens is 2. The third-order valence-electron chi connectivity index (χ3n) is 3.96. The Balaban J connectivity index is 1.70. The molecular weight excluding hydrogens is 352 g/mol. The van der Waals surface area contributed by atoms with Gasteiger partial charge in [-0.2, -0.15) is 0 Å². The van der Waals surface area contributed by atoms with Crippen molar-refractivity contribution < 1.29 is 19.9 Å². The molecule has 0 aliphatic carbocycles. The van der Waals surface area contributed by atoms with Gasteiger partial charge in [0.1, 0.15) is 5.69 Å². The van der Waals surface area contributed by atoms with E-state index in [-0.39, 0.29) is 29.3 Å². The number of rotatable bonds is 6. The van der Waals surface area contributed by atoms with Crippen molar-refractivity contribution in [3.8, 4) is 17.2 Å². The molecule has 1 heterocycles. The highest BCUT2D eigenvalue weighted by Gasteiger charge is 2.18. The summed E-state index contributed by atoms with van der Waals surface area (Å²) in [6.07, 6.45) is 4.95. The van der Waals surface area contributed by atoms with Crippen LogP contribution >= 0.6 is 0 Å². The molecule has 0 bridgehead atoms. The molecule has 0 fully saturated rings. The molecule has 9 nitrogen and oxygen atoms in total. The van der Waals surface area contributed by atoms with Crippen LogP contribution in [0.1, 0.15) is 15.9 Å². The van der Waals surface area contributed by atoms with Gasteiger partial charge in [0.05, 0.1) is 11.3 Å². The maximum absolute atomic E-state index is 12.3. The first-order valence-corrected chi connectivity index (χ1v) is 8.01. The predicted molar refractivity (Wildman–Crippen MR) is 96.0 cm³/mol. The van der Waals surface area contributed by atoms with E-state index in [1.165, 1.54) is 47.4 Å². The minimum atomic E-state index is -0.550. The molecule has 9 heteroatoms. The van der Waals surface area contributed by atoms with Gasteiger partial charge >= 0.3 is 0 Å². The zero-order valence-electron chi connectivity index (χ0n) is 14.1. The third kappa shape index (κ3) is 4.03. The van der Waals surface area contributed by atoms with Crippen molar-refractivity contribution in [2.45, 2.75) is 6.42 Å². The van der Waals surface area contributed by atoms with Crippen LogP contribution in [0.15, 0.2) is 55.1 Å². The topological polar surface area (TPSA) is 131 Å². The minimum Gasteiger partial charge on any atom is -0.504 e. The molecule has 3 rings (SSSR count). The number of amides is 1. The van der Waals surface area contributed by atoms with Crippen LogP contribution in [0.25, 0.3) is 5.69 Å². The molecule has 3 aromatic rings. The van der Waals surface area contributed by atoms with E-state index < -0.39 is 10.8 Å². The Morgan fingerprint density at radius 3 is 2.67 bits per heavy atom. The third-order valence-corrected chi connectivity index (χ3v) is 3.96. The lowest BCUT2D eigenvalue weighted by molar-refractivity contribution is -0.384. The summed E-state index contributed by atoms with van der Waals surface area (Å²) in [6, 6.07) is 8.62. The number of aromatic hydroxyl groups is 2. The van der Waals surface area contributed by atoms with Crippen LogP contribution in [0.5, 0.6) is 11.5 Å². The van der Waals surface area contributed by atoms with E-state index in [0.717, 1.165) is 5.56 Å². The van der Waals surface area contributed by atoms with E-state index in [2.05, 4.69) is 10.3 Å². The average molecular weight is 368 g/mol. The molecule has 0 atom stereocenters. The van der Waals surface area contributed by atoms with Crippen molar-refractivity contribution in [2.24, 2.45) is 0 Å². The van der Waals surface area contributed by atoms with Gasteiger partial charge in [-0.15, -0.1) is 0 Å². The van der Waals surface area contributed by atoms with Gasteiger partial charge in [0.2, 0.25) is 0 Å². The van der Waals surface area contributed by atoms with E-state index in [1.807, 2.05) is 0 Å². The van der Waals surface area contributed by atoms with Gasteiger partial charge in [-0.1, -0.05) is 6.07 Å². The highest BCUT2D eigenvalue weighted by Crippen LogP contribution is 2.25. The Labute approximate surface area is 153 Å².